The van der Waals surface area contributed by atoms with Crippen molar-refractivity contribution in [2.45, 2.75) is 32.6 Å². The smallest absolute Gasteiger partial charge is 0.310 e. The molecule has 0 aromatic rings. The zero-order valence-electron chi connectivity index (χ0n) is 12.1. The lowest BCUT2D eigenvalue weighted by Crippen LogP contribution is -2.47. The van der Waals surface area contributed by atoms with Gasteiger partial charge in [0.2, 0.25) is 5.91 Å². The van der Waals surface area contributed by atoms with Crippen LogP contribution in [0.2, 0.25) is 0 Å². The maximum Gasteiger partial charge on any atom is 0.310 e. The zero-order valence-corrected chi connectivity index (χ0v) is 12.9. The van der Waals surface area contributed by atoms with Gasteiger partial charge in [-0.2, -0.15) is 0 Å². The summed E-state index contributed by atoms with van der Waals surface area (Å²) in [6, 6.07) is 0. The van der Waals surface area contributed by atoms with E-state index in [1.54, 1.807) is 0 Å². The highest BCUT2D eigenvalue weighted by molar-refractivity contribution is 5.85. The standard InChI is InChI=1S/C14H24N2O3.ClH/c1-2-19-14(18)12-4-3-9-16(10-12)13(17)11-5-7-15-8-6-11;/h11-12,15H,2-10H2,1H3;1H. The zero-order chi connectivity index (χ0) is 13.7. The van der Waals surface area contributed by atoms with E-state index >= 15 is 0 Å². The first-order chi connectivity index (χ1) is 9.22. The molecule has 2 saturated heterocycles. The fourth-order valence-electron chi connectivity index (χ4n) is 2.96. The molecule has 6 heteroatoms. The van der Waals surface area contributed by atoms with Crippen molar-refractivity contribution in [3.8, 4) is 0 Å². The number of carbonyl (C=O) groups is 2. The third-order valence-electron chi connectivity index (χ3n) is 4.04. The first-order valence-electron chi connectivity index (χ1n) is 7.38. The number of halogens is 1. The first-order valence-corrected chi connectivity index (χ1v) is 7.38. The summed E-state index contributed by atoms with van der Waals surface area (Å²) >= 11 is 0. The molecule has 2 fully saturated rings. The molecule has 5 nitrogen and oxygen atoms in total. The van der Waals surface area contributed by atoms with E-state index in [1.807, 2.05) is 11.8 Å². The minimum Gasteiger partial charge on any atom is -0.466 e. The summed E-state index contributed by atoms with van der Waals surface area (Å²) in [5.74, 6) is 0.0994. The molecule has 20 heavy (non-hydrogen) atoms. The minimum atomic E-state index is -0.148. The summed E-state index contributed by atoms with van der Waals surface area (Å²) in [4.78, 5) is 26.1. The second-order valence-electron chi connectivity index (χ2n) is 5.40. The summed E-state index contributed by atoms with van der Waals surface area (Å²) < 4.78 is 5.07. The summed E-state index contributed by atoms with van der Waals surface area (Å²) in [5, 5.41) is 3.27. The van der Waals surface area contributed by atoms with Crippen LogP contribution in [0.4, 0.5) is 0 Å². The highest BCUT2D eigenvalue weighted by Crippen LogP contribution is 2.22. The van der Waals surface area contributed by atoms with E-state index in [0.717, 1.165) is 45.3 Å². The van der Waals surface area contributed by atoms with Crippen molar-refractivity contribution in [2.75, 3.05) is 32.8 Å². The molecule has 1 N–H and O–H groups in total. The molecule has 1 amide bonds. The highest BCUT2D eigenvalue weighted by Gasteiger charge is 2.32. The number of ether oxygens (including phenoxy) is 1. The first kappa shape index (κ1) is 17.2. The maximum absolute atomic E-state index is 12.4. The summed E-state index contributed by atoms with van der Waals surface area (Å²) in [6.45, 7) is 5.41. The van der Waals surface area contributed by atoms with Gasteiger partial charge in [0.05, 0.1) is 12.5 Å². The molecule has 0 aliphatic carbocycles. The topological polar surface area (TPSA) is 58.6 Å². The van der Waals surface area contributed by atoms with Gasteiger partial charge in [0, 0.05) is 19.0 Å². The highest BCUT2D eigenvalue weighted by atomic mass is 35.5. The minimum absolute atomic E-state index is 0. The largest absolute Gasteiger partial charge is 0.466 e. The van der Waals surface area contributed by atoms with E-state index < -0.39 is 0 Å². The predicted molar refractivity (Wildman–Crippen MR) is 78.8 cm³/mol. The second-order valence-corrected chi connectivity index (χ2v) is 5.40. The van der Waals surface area contributed by atoms with Crippen LogP contribution in [0.15, 0.2) is 0 Å². The number of nitrogens with one attached hydrogen (secondary N) is 1. The molecule has 1 unspecified atom stereocenters. The van der Waals surface area contributed by atoms with Crippen LogP contribution in [0.1, 0.15) is 32.6 Å². The Hall–Kier alpha value is -0.810. The fourth-order valence-corrected chi connectivity index (χ4v) is 2.96. The van der Waals surface area contributed by atoms with Gasteiger partial charge in [-0.05, 0) is 45.7 Å². The monoisotopic (exact) mass is 304 g/mol. The van der Waals surface area contributed by atoms with E-state index in [4.69, 9.17) is 4.74 Å². The number of esters is 1. The third kappa shape index (κ3) is 4.35. The lowest BCUT2D eigenvalue weighted by Gasteiger charge is -2.35. The van der Waals surface area contributed by atoms with Gasteiger partial charge in [-0.15, -0.1) is 12.4 Å². The van der Waals surface area contributed by atoms with E-state index in [2.05, 4.69) is 5.32 Å². The average molecular weight is 305 g/mol. The van der Waals surface area contributed by atoms with Crippen LogP contribution in [0.5, 0.6) is 0 Å². The lowest BCUT2D eigenvalue weighted by molar-refractivity contribution is -0.152. The van der Waals surface area contributed by atoms with Crippen LogP contribution >= 0.6 is 12.4 Å². The van der Waals surface area contributed by atoms with Gasteiger partial charge in [0.15, 0.2) is 0 Å². The van der Waals surface area contributed by atoms with Gasteiger partial charge in [0.1, 0.15) is 0 Å². The van der Waals surface area contributed by atoms with Gasteiger partial charge < -0.3 is 15.0 Å². The Bertz CT molecular complexity index is 332. The Balaban J connectivity index is 0.00000200. The second kappa shape index (κ2) is 8.47. The van der Waals surface area contributed by atoms with Crippen LogP contribution in [-0.2, 0) is 14.3 Å². The number of hydrogen-bond donors (Lipinski definition) is 1. The van der Waals surface area contributed by atoms with Crippen LogP contribution in [0, 0.1) is 11.8 Å². The Morgan fingerprint density at radius 1 is 1.20 bits per heavy atom. The van der Waals surface area contributed by atoms with Crippen molar-refractivity contribution in [3.05, 3.63) is 0 Å². The molecule has 2 heterocycles. The number of hydrogen-bond acceptors (Lipinski definition) is 4. The predicted octanol–water partition coefficient (Wildman–Crippen LogP) is 1.21. The molecule has 0 radical (unpaired) electrons. The molecule has 116 valence electrons. The average Bonchev–Trinajstić information content (AvgIpc) is 2.48. The van der Waals surface area contributed by atoms with Crippen LogP contribution in [-0.4, -0.2) is 49.6 Å². The van der Waals surface area contributed by atoms with Crippen LogP contribution < -0.4 is 5.32 Å². The van der Waals surface area contributed by atoms with Crippen molar-refractivity contribution in [1.29, 1.82) is 0 Å². The quantitative estimate of drug-likeness (QED) is 0.796. The van der Waals surface area contributed by atoms with Gasteiger partial charge in [-0.3, -0.25) is 9.59 Å². The number of amides is 1. The van der Waals surface area contributed by atoms with Crippen molar-refractivity contribution in [3.63, 3.8) is 0 Å². The van der Waals surface area contributed by atoms with E-state index in [0.29, 0.717) is 13.2 Å². The van der Waals surface area contributed by atoms with Gasteiger partial charge in [-0.25, -0.2) is 0 Å². The van der Waals surface area contributed by atoms with Crippen molar-refractivity contribution in [1.82, 2.24) is 10.2 Å². The number of nitrogens with zero attached hydrogens (tertiary/aromatic N) is 1. The number of carbonyl (C=O) groups excluding carboxylic acids is 2. The molecule has 2 rings (SSSR count). The fraction of sp³-hybridized carbons (Fsp3) is 0.857. The molecular formula is C14H25ClN2O3. The molecule has 0 saturated carbocycles. The summed E-state index contributed by atoms with van der Waals surface area (Å²) in [7, 11) is 0. The molecule has 2 aliphatic heterocycles. The molecule has 1 atom stereocenters. The molecule has 0 spiro atoms. The van der Waals surface area contributed by atoms with Gasteiger partial charge in [0.25, 0.3) is 0 Å². The SMILES string of the molecule is CCOC(=O)C1CCCN(C(=O)C2CCNCC2)C1.Cl. The number of piperidine rings is 2. The summed E-state index contributed by atoms with van der Waals surface area (Å²) in [5.41, 5.74) is 0. The summed E-state index contributed by atoms with van der Waals surface area (Å²) in [6.07, 6.45) is 3.58. The van der Waals surface area contributed by atoms with Crippen molar-refractivity contribution >= 4 is 24.3 Å². The van der Waals surface area contributed by atoms with Crippen molar-refractivity contribution < 1.29 is 14.3 Å². The van der Waals surface area contributed by atoms with E-state index in [-0.39, 0.29) is 36.1 Å². The Morgan fingerprint density at radius 3 is 2.55 bits per heavy atom. The molecule has 0 aromatic heterocycles. The van der Waals surface area contributed by atoms with Gasteiger partial charge >= 0.3 is 5.97 Å². The van der Waals surface area contributed by atoms with Crippen molar-refractivity contribution in [2.24, 2.45) is 11.8 Å². The van der Waals surface area contributed by atoms with E-state index in [9.17, 15) is 9.59 Å². The molecule has 0 aromatic carbocycles. The third-order valence-corrected chi connectivity index (χ3v) is 4.04. The Labute approximate surface area is 126 Å². The molecule has 2 aliphatic rings. The lowest BCUT2D eigenvalue weighted by atomic mass is 9.93. The van der Waals surface area contributed by atoms with E-state index in [1.165, 1.54) is 0 Å². The van der Waals surface area contributed by atoms with Gasteiger partial charge in [-0.1, -0.05) is 0 Å². The Morgan fingerprint density at radius 2 is 1.90 bits per heavy atom. The Kier molecular flexibility index (Phi) is 7.30. The number of likely N-dealkylation sites (tertiary alicyclic amines) is 1. The maximum atomic E-state index is 12.4. The normalized spacial score (nSPS) is 23.9. The van der Waals surface area contributed by atoms with Crippen LogP contribution in [0.3, 0.4) is 0 Å². The molecular weight excluding hydrogens is 280 g/mol. The molecule has 0 bridgehead atoms. The number of rotatable bonds is 3. The van der Waals surface area contributed by atoms with Crippen LogP contribution in [0.25, 0.3) is 0 Å².